The van der Waals surface area contributed by atoms with Gasteiger partial charge in [-0.1, -0.05) is 48.5 Å². The molecule has 3 aromatic rings. The zero-order valence-electron chi connectivity index (χ0n) is 16.8. The Morgan fingerprint density at radius 2 is 1.68 bits per heavy atom. The van der Waals surface area contributed by atoms with Gasteiger partial charge in [0.15, 0.2) is 0 Å². The van der Waals surface area contributed by atoms with E-state index in [2.05, 4.69) is 34.6 Å². The molecule has 2 unspecified atom stereocenters. The van der Waals surface area contributed by atoms with Crippen molar-refractivity contribution in [2.24, 2.45) is 0 Å². The molecule has 1 aromatic heterocycles. The monoisotopic (exact) mass is 420 g/mol. The molecule has 0 radical (unpaired) electrons. The molecule has 160 valence electrons. The van der Waals surface area contributed by atoms with Crippen LogP contribution in [-0.2, 0) is 4.74 Å². The maximum Gasteiger partial charge on any atom is 0.407 e. The third-order valence-electron chi connectivity index (χ3n) is 5.50. The number of rotatable bonds is 7. The van der Waals surface area contributed by atoms with Crippen LogP contribution in [0.2, 0.25) is 0 Å². The van der Waals surface area contributed by atoms with E-state index in [1.165, 1.54) is 18.5 Å². The van der Waals surface area contributed by atoms with Crippen molar-refractivity contribution < 1.29 is 24.9 Å². The minimum Gasteiger partial charge on any atom is -0.506 e. The van der Waals surface area contributed by atoms with Gasteiger partial charge in [-0.3, -0.25) is 4.98 Å². The summed E-state index contributed by atoms with van der Waals surface area (Å²) < 4.78 is 5.45. The van der Waals surface area contributed by atoms with Gasteiger partial charge < -0.3 is 25.4 Å². The second-order valence-electron chi connectivity index (χ2n) is 7.53. The van der Waals surface area contributed by atoms with Gasteiger partial charge in [0.25, 0.3) is 0 Å². The quantitative estimate of drug-likeness (QED) is 0.467. The van der Waals surface area contributed by atoms with Crippen molar-refractivity contribution in [3.8, 4) is 16.9 Å². The van der Waals surface area contributed by atoms with Crippen LogP contribution in [0.25, 0.3) is 11.1 Å². The lowest BCUT2D eigenvalue weighted by Gasteiger charge is -2.18. The minimum atomic E-state index is -1.22. The van der Waals surface area contributed by atoms with Gasteiger partial charge in [-0.25, -0.2) is 4.79 Å². The first-order valence-corrected chi connectivity index (χ1v) is 10.1. The molecule has 4 N–H and O–H groups in total. The standard InChI is InChI=1S/C24H24N2O5/c27-16-11-15(12-25-13-16)23(29)22(28)9-10-26-24(30)31-14-21-19-7-3-1-5-17(19)18-6-2-4-8-20(18)21/h1-8,11-13,21-23,27-29H,9-10,14H2,(H,26,30). The van der Waals surface area contributed by atoms with Gasteiger partial charge in [-0.15, -0.1) is 0 Å². The van der Waals surface area contributed by atoms with Gasteiger partial charge in [0.05, 0.1) is 12.3 Å². The van der Waals surface area contributed by atoms with Crippen LogP contribution < -0.4 is 5.32 Å². The van der Waals surface area contributed by atoms with Crippen LogP contribution in [-0.4, -0.2) is 45.7 Å². The molecule has 2 aromatic carbocycles. The van der Waals surface area contributed by atoms with E-state index in [-0.39, 0.29) is 31.2 Å². The molecule has 0 spiro atoms. The number of carbonyl (C=O) groups excluding carboxylic acids is 1. The molecular formula is C24H24N2O5. The van der Waals surface area contributed by atoms with Crippen LogP contribution in [0.15, 0.2) is 67.0 Å². The third kappa shape index (κ3) is 4.52. The second kappa shape index (κ2) is 9.16. The molecule has 0 saturated heterocycles. The topological polar surface area (TPSA) is 112 Å². The predicted molar refractivity (Wildman–Crippen MR) is 115 cm³/mol. The summed E-state index contributed by atoms with van der Waals surface area (Å²) >= 11 is 0. The molecule has 7 nitrogen and oxygen atoms in total. The molecule has 7 heteroatoms. The SMILES string of the molecule is O=C(NCCC(O)C(O)c1cncc(O)c1)OCC1c2ccccc2-c2ccccc21. The molecule has 2 atom stereocenters. The number of aliphatic hydroxyl groups excluding tert-OH is 2. The largest absolute Gasteiger partial charge is 0.506 e. The van der Waals surface area contributed by atoms with Crippen LogP contribution in [0.5, 0.6) is 5.75 Å². The summed E-state index contributed by atoms with van der Waals surface area (Å²) in [5.74, 6) is -0.121. The highest BCUT2D eigenvalue weighted by Gasteiger charge is 2.29. The highest BCUT2D eigenvalue weighted by molar-refractivity contribution is 5.79. The number of aliphatic hydroxyl groups is 2. The average Bonchev–Trinajstić information content (AvgIpc) is 3.11. The van der Waals surface area contributed by atoms with Crippen molar-refractivity contribution in [2.45, 2.75) is 24.5 Å². The summed E-state index contributed by atoms with van der Waals surface area (Å²) in [6.07, 6.45) is -0.210. The van der Waals surface area contributed by atoms with E-state index in [1.807, 2.05) is 24.3 Å². The number of benzene rings is 2. The molecule has 1 amide bonds. The number of carbonyl (C=O) groups is 1. The number of aromatic nitrogens is 1. The van der Waals surface area contributed by atoms with Crippen molar-refractivity contribution >= 4 is 6.09 Å². The summed E-state index contributed by atoms with van der Waals surface area (Å²) in [6, 6.07) is 17.5. The Morgan fingerprint density at radius 3 is 2.32 bits per heavy atom. The maximum atomic E-state index is 12.2. The smallest absolute Gasteiger partial charge is 0.407 e. The average molecular weight is 420 g/mol. The van der Waals surface area contributed by atoms with Gasteiger partial charge in [-0.2, -0.15) is 0 Å². The lowest BCUT2D eigenvalue weighted by atomic mass is 9.98. The fourth-order valence-electron chi connectivity index (χ4n) is 3.96. The fourth-order valence-corrected chi connectivity index (χ4v) is 3.96. The normalized spacial score (nSPS) is 14.4. The van der Waals surface area contributed by atoms with E-state index in [1.54, 1.807) is 0 Å². The van der Waals surface area contributed by atoms with Crippen molar-refractivity contribution in [1.29, 1.82) is 0 Å². The Hall–Kier alpha value is -3.42. The second-order valence-corrected chi connectivity index (χ2v) is 7.53. The van der Waals surface area contributed by atoms with Crippen LogP contribution in [0, 0.1) is 0 Å². The number of amides is 1. The van der Waals surface area contributed by atoms with E-state index >= 15 is 0 Å². The Morgan fingerprint density at radius 1 is 1.03 bits per heavy atom. The maximum absolute atomic E-state index is 12.2. The van der Waals surface area contributed by atoms with Crippen LogP contribution in [0.4, 0.5) is 4.79 Å². The van der Waals surface area contributed by atoms with Crippen LogP contribution >= 0.6 is 0 Å². The number of hydrogen-bond acceptors (Lipinski definition) is 6. The highest BCUT2D eigenvalue weighted by Crippen LogP contribution is 2.44. The number of nitrogens with one attached hydrogen (secondary N) is 1. The zero-order valence-corrected chi connectivity index (χ0v) is 16.8. The zero-order chi connectivity index (χ0) is 21.8. The van der Waals surface area contributed by atoms with Crippen LogP contribution in [0.3, 0.4) is 0 Å². The van der Waals surface area contributed by atoms with E-state index in [0.717, 1.165) is 22.3 Å². The Labute approximate surface area is 180 Å². The number of pyridine rings is 1. The first-order chi connectivity index (χ1) is 15.0. The Balaban J connectivity index is 1.28. The number of fused-ring (bicyclic) bond motifs is 3. The van der Waals surface area contributed by atoms with Gasteiger partial charge in [0.1, 0.15) is 18.5 Å². The summed E-state index contributed by atoms with van der Waals surface area (Å²) in [5, 5.41) is 32.4. The molecule has 1 heterocycles. The summed E-state index contributed by atoms with van der Waals surface area (Å²) in [7, 11) is 0. The van der Waals surface area contributed by atoms with E-state index < -0.39 is 18.3 Å². The van der Waals surface area contributed by atoms with E-state index in [4.69, 9.17) is 4.74 Å². The molecule has 31 heavy (non-hydrogen) atoms. The fraction of sp³-hybridized carbons (Fsp3) is 0.250. The van der Waals surface area contributed by atoms with E-state index in [0.29, 0.717) is 5.56 Å². The molecule has 0 bridgehead atoms. The molecule has 4 rings (SSSR count). The number of aromatic hydroxyl groups is 1. The van der Waals surface area contributed by atoms with Crippen molar-refractivity contribution in [3.05, 3.63) is 83.7 Å². The lowest BCUT2D eigenvalue weighted by molar-refractivity contribution is 0.0134. The van der Waals surface area contributed by atoms with Gasteiger partial charge in [0.2, 0.25) is 0 Å². The third-order valence-corrected chi connectivity index (χ3v) is 5.50. The Bertz CT molecular complexity index is 1030. The van der Waals surface area contributed by atoms with E-state index in [9.17, 15) is 20.1 Å². The predicted octanol–water partition coefficient (Wildman–Crippen LogP) is 3.11. The Kier molecular flexibility index (Phi) is 6.16. The summed E-state index contributed by atoms with van der Waals surface area (Å²) in [6.45, 7) is 0.334. The molecule has 1 aliphatic carbocycles. The van der Waals surface area contributed by atoms with Gasteiger partial charge in [0, 0.05) is 24.2 Å². The first kappa shape index (κ1) is 20.8. The lowest BCUT2D eigenvalue weighted by Crippen LogP contribution is -2.30. The minimum absolute atomic E-state index is 0.0242. The number of hydrogen-bond donors (Lipinski definition) is 4. The molecule has 0 saturated carbocycles. The molecule has 1 aliphatic rings. The van der Waals surface area contributed by atoms with Crippen LogP contribution in [0.1, 0.15) is 35.1 Å². The summed E-state index contributed by atoms with van der Waals surface area (Å²) in [5.41, 5.74) is 4.88. The summed E-state index contributed by atoms with van der Waals surface area (Å²) in [4.78, 5) is 15.9. The number of nitrogens with zero attached hydrogens (tertiary/aromatic N) is 1. The van der Waals surface area contributed by atoms with Crippen molar-refractivity contribution in [3.63, 3.8) is 0 Å². The van der Waals surface area contributed by atoms with Crippen molar-refractivity contribution in [1.82, 2.24) is 10.3 Å². The molecule has 0 fully saturated rings. The number of alkyl carbamates (subject to hydrolysis) is 1. The molecule has 0 aliphatic heterocycles. The van der Waals surface area contributed by atoms with Gasteiger partial charge in [-0.05, 0) is 34.7 Å². The van der Waals surface area contributed by atoms with Gasteiger partial charge >= 0.3 is 6.09 Å². The first-order valence-electron chi connectivity index (χ1n) is 10.1. The highest BCUT2D eigenvalue weighted by atomic mass is 16.5. The number of ether oxygens (including phenoxy) is 1. The van der Waals surface area contributed by atoms with Crippen molar-refractivity contribution in [2.75, 3.05) is 13.2 Å². The molecular weight excluding hydrogens is 396 g/mol.